The van der Waals surface area contributed by atoms with Crippen molar-refractivity contribution in [3.05, 3.63) is 16.6 Å². The second-order valence-corrected chi connectivity index (χ2v) is 4.13. The fourth-order valence-electron chi connectivity index (χ4n) is 1.24. The number of hydrogen-bond acceptors (Lipinski definition) is 4. The van der Waals surface area contributed by atoms with Crippen LogP contribution >= 0.6 is 11.3 Å². The first kappa shape index (κ1) is 14.0. The number of carbonyl (C=O) groups excluding carboxylic acids is 1. The van der Waals surface area contributed by atoms with Crippen LogP contribution < -0.4 is 5.32 Å². The molecule has 1 aromatic heterocycles. The smallest absolute Gasteiger partial charge is 0.323 e. The van der Waals surface area contributed by atoms with Gasteiger partial charge in [-0.05, 0) is 0 Å². The SMILES string of the molecule is C#CCN(CC(=O)O)C(=O)NCCc1cscn1. The number of carboxylic acids is 1. The highest BCUT2D eigenvalue weighted by Gasteiger charge is 2.14. The van der Waals surface area contributed by atoms with Crippen molar-refractivity contribution >= 4 is 23.3 Å². The van der Waals surface area contributed by atoms with Gasteiger partial charge in [0.1, 0.15) is 6.54 Å². The molecule has 0 aliphatic carbocycles. The lowest BCUT2D eigenvalue weighted by atomic mass is 10.3. The standard InChI is InChI=1S/C11H13N3O3S/c1-2-5-14(6-10(15)16)11(17)12-4-3-9-7-18-8-13-9/h1,7-8H,3-6H2,(H,12,17)(H,15,16). The molecule has 0 saturated carbocycles. The molecule has 0 bridgehead atoms. The molecular weight excluding hydrogens is 254 g/mol. The summed E-state index contributed by atoms with van der Waals surface area (Å²) in [6, 6.07) is -0.481. The number of thiazole rings is 1. The van der Waals surface area contributed by atoms with Crippen molar-refractivity contribution in [1.82, 2.24) is 15.2 Å². The Labute approximate surface area is 109 Å². The normalized spacial score (nSPS) is 9.50. The van der Waals surface area contributed by atoms with Gasteiger partial charge in [-0.15, -0.1) is 17.8 Å². The first-order valence-corrected chi connectivity index (χ1v) is 6.13. The predicted octanol–water partition coefficient (Wildman–Crippen LogP) is 0.415. The Kier molecular flexibility index (Phi) is 5.67. The van der Waals surface area contributed by atoms with Gasteiger partial charge in [-0.2, -0.15) is 0 Å². The van der Waals surface area contributed by atoms with E-state index >= 15 is 0 Å². The van der Waals surface area contributed by atoms with Crippen LogP contribution in [0.25, 0.3) is 0 Å². The van der Waals surface area contributed by atoms with Gasteiger partial charge in [-0.3, -0.25) is 4.79 Å². The number of nitrogens with one attached hydrogen (secondary N) is 1. The molecule has 1 aromatic rings. The molecule has 0 radical (unpaired) electrons. The van der Waals surface area contributed by atoms with Crippen molar-refractivity contribution in [3.63, 3.8) is 0 Å². The van der Waals surface area contributed by atoms with E-state index in [-0.39, 0.29) is 6.54 Å². The summed E-state index contributed by atoms with van der Waals surface area (Å²) in [5.74, 6) is 1.15. The third-order valence-corrected chi connectivity index (χ3v) is 2.67. The number of aromatic nitrogens is 1. The highest BCUT2D eigenvalue weighted by atomic mass is 32.1. The Morgan fingerprint density at radius 2 is 2.39 bits per heavy atom. The van der Waals surface area contributed by atoms with E-state index in [1.54, 1.807) is 5.51 Å². The van der Waals surface area contributed by atoms with Gasteiger partial charge in [0.05, 0.1) is 17.7 Å². The summed E-state index contributed by atoms with van der Waals surface area (Å²) in [6.07, 6.45) is 5.68. The number of carboxylic acid groups (broad SMARTS) is 1. The topological polar surface area (TPSA) is 82.5 Å². The fourth-order valence-corrected chi connectivity index (χ4v) is 1.84. The highest BCUT2D eigenvalue weighted by molar-refractivity contribution is 7.07. The van der Waals surface area contributed by atoms with Crippen LogP contribution in [-0.2, 0) is 11.2 Å². The van der Waals surface area contributed by atoms with Crippen LogP contribution in [0, 0.1) is 12.3 Å². The molecule has 0 unspecified atom stereocenters. The summed E-state index contributed by atoms with van der Waals surface area (Å²) in [4.78, 5) is 27.3. The lowest BCUT2D eigenvalue weighted by Crippen LogP contribution is -2.43. The van der Waals surface area contributed by atoms with Crippen molar-refractivity contribution in [1.29, 1.82) is 0 Å². The average molecular weight is 267 g/mol. The second kappa shape index (κ2) is 7.29. The maximum atomic E-state index is 11.6. The third kappa shape index (κ3) is 4.84. The number of aliphatic carboxylic acids is 1. The number of rotatable bonds is 6. The van der Waals surface area contributed by atoms with Gasteiger partial charge >= 0.3 is 12.0 Å². The molecule has 1 rings (SSSR count). The molecule has 0 aliphatic rings. The molecule has 0 saturated heterocycles. The van der Waals surface area contributed by atoms with E-state index in [4.69, 9.17) is 11.5 Å². The van der Waals surface area contributed by atoms with Gasteiger partial charge in [0.2, 0.25) is 0 Å². The second-order valence-electron chi connectivity index (χ2n) is 3.42. The van der Waals surface area contributed by atoms with Gasteiger partial charge in [0, 0.05) is 18.3 Å². The highest BCUT2D eigenvalue weighted by Crippen LogP contribution is 2.00. The van der Waals surface area contributed by atoms with Crippen LogP contribution in [0.3, 0.4) is 0 Å². The first-order chi connectivity index (χ1) is 8.63. The molecule has 0 aromatic carbocycles. The van der Waals surface area contributed by atoms with Crippen molar-refractivity contribution in [3.8, 4) is 12.3 Å². The van der Waals surface area contributed by atoms with Crippen LogP contribution in [-0.4, -0.2) is 46.6 Å². The summed E-state index contributed by atoms with van der Waals surface area (Å²) < 4.78 is 0. The van der Waals surface area contributed by atoms with Gasteiger partial charge in [-0.25, -0.2) is 9.78 Å². The minimum atomic E-state index is -1.10. The fraction of sp³-hybridized carbons (Fsp3) is 0.364. The Morgan fingerprint density at radius 3 is 2.94 bits per heavy atom. The monoisotopic (exact) mass is 267 g/mol. The van der Waals surface area contributed by atoms with Crippen molar-refractivity contribution in [2.45, 2.75) is 6.42 Å². The first-order valence-electron chi connectivity index (χ1n) is 5.18. The zero-order chi connectivity index (χ0) is 13.4. The van der Waals surface area contributed by atoms with Crippen LogP contribution in [0.15, 0.2) is 10.9 Å². The number of carbonyl (C=O) groups is 2. The predicted molar refractivity (Wildman–Crippen MR) is 67.3 cm³/mol. The van der Waals surface area contributed by atoms with E-state index in [1.807, 2.05) is 5.38 Å². The summed E-state index contributed by atoms with van der Waals surface area (Å²) in [7, 11) is 0. The van der Waals surface area contributed by atoms with E-state index in [0.717, 1.165) is 10.6 Å². The van der Waals surface area contributed by atoms with Gasteiger partial charge in [0.25, 0.3) is 0 Å². The summed E-state index contributed by atoms with van der Waals surface area (Å²) in [5, 5.41) is 13.1. The van der Waals surface area contributed by atoms with Gasteiger partial charge in [-0.1, -0.05) is 5.92 Å². The van der Waals surface area contributed by atoms with E-state index in [1.165, 1.54) is 11.3 Å². The largest absolute Gasteiger partial charge is 0.480 e. The number of amides is 2. The van der Waals surface area contributed by atoms with Gasteiger partial charge < -0.3 is 15.3 Å². The van der Waals surface area contributed by atoms with Crippen LogP contribution in [0.2, 0.25) is 0 Å². The molecule has 0 atom stereocenters. The molecule has 2 amide bonds. The quantitative estimate of drug-likeness (QED) is 0.732. The maximum absolute atomic E-state index is 11.6. The summed E-state index contributed by atoms with van der Waals surface area (Å²) in [5.41, 5.74) is 2.61. The number of urea groups is 1. The minimum Gasteiger partial charge on any atom is -0.480 e. The third-order valence-electron chi connectivity index (χ3n) is 2.04. The minimum absolute atomic E-state index is 0.0329. The molecule has 1 heterocycles. The lowest BCUT2D eigenvalue weighted by Gasteiger charge is -2.18. The molecule has 18 heavy (non-hydrogen) atoms. The van der Waals surface area contributed by atoms with E-state index in [9.17, 15) is 9.59 Å². The summed E-state index contributed by atoms with van der Waals surface area (Å²) in [6.45, 7) is -0.0508. The average Bonchev–Trinajstić information content (AvgIpc) is 2.81. The Balaban J connectivity index is 2.36. The van der Waals surface area contributed by atoms with Crippen LogP contribution in [0.4, 0.5) is 4.79 Å². The molecule has 0 aliphatic heterocycles. The van der Waals surface area contributed by atoms with Crippen LogP contribution in [0.1, 0.15) is 5.69 Å². The zero-order valence-corrected chi connectivity index (χ0v) is 10.4. The summed E-state index contributed by atoms with van der Waals surface area (Å²) >= 11 is 1.48. The van der Waals surface area contributed by atoms with Crippen molar-refractivity contribution < 1.29 is 14.7 Å². The van der Waals surface area contributed by atoms with E-state index < -0.39 is 18.5 Å². The Bertz CT molecular complexity index is 439. The van der Waals surface area contributed by atoms with Crippen molar-refractivity contribution in [2.24, 2.45) is 0 Å². The van der Waals surface area contributed by atoms with Crippen molar-refractivity contribution in [2.75, 3.05) is 19.6 Å². The Morgan fingerprint density at radius 1 is 1.61 bits per heavy atom. The molecule has 96 valence electrons. The molecular formula is C11H13N3O3S. The Hall–Kier alpha value is -2.07. The molecule has 0 fully saturated rings. The lowest BCUT2D eigenvalue weighted by molar-refractivity contribution is -0.137. The molecule has 6 nitrogen and oxygen atoms in total. The number of terminal acetylenes is 1. The van der Waals surface area contributed by atoms with Crippen LogP contribution in [0.5, 0.6) is 0 Å². The molecule has 7 heteroatoms. The zero-order valence-electron chi connectivity index (χ0n) is 9.63. The van der Waals surface area contributed by atoms with E-state index in [0.29, 0.717) is 13.0 Å². The number of nitrogens with zero attached hydrogens (tertiary/aromatic N) is 2. The number of hydrogen-bond donors (Lipinski definition) is 2. The molecule has 0 spiro atoms. The van der Waals surface area contributed by atoms with E-state index in [2.05, 4.69) is 16.2 Å². The molecule has 2 N–H and O–H groups in total. The van der Waals surface area contributed by atoms with Gasteiger partial charge in [0.15, 0.2) is 0 Å². The maximum Gasteiger partial charge on any atom is 0.323 e.